The Morgan fingerprint density at radius 2 is 1.96 bits per heavy atom. The molecule has 0 saturated heterocycles. The molecule has 2 amide bonds. The Morgan fingerprint density at radius 1 is 1.20 bits per heavy atom. The predicted molar refractivity (Wildman–Crippen MR) is 97.1 cm³/mol. The maximum absolute atomic E-state index is 12.7. The summed E-state index contributed by atoms with van der Waals surface area (Å²) in [5.41, 5.74) is 0.925. The smallest absolute Gasteiger partial charge is 0.305 e. The number of nitrogens with zero attached hydrogens (tertiary/aromatic N) is 1. The molecule has 132 valence electrons. The van der Waals surface area contributed by atoms with E-state index in [1.807, 2.05) is 19.2 Å². The van der Waals surface area contributed by atoms with Gasteiger partial charge in [0.2, 0.25) is 0 Å². The van der Waals surface area contributed by atoms with Gasteiger partial charge in [0.1, 0.15) is 0 Å². The summed E-state index contributed by atoms with van der Waals surface area (Å²) in [5.74, 6) is -1.44. The molecule has 1 heterocycles. The van der Waals surface area contributed by atoms with Crippen LogP contribution in [0, 0.1) is 0 Å². The Hall–Kier alpha value is -2.67. The van der Waals surface area contributed by atoms with Gasteiger partial charge in [-0.3, -0.25) is 14.4 Å². The van der Waals surface area contributed by atoms with E-state index in [0.29, 0.717) is 16.1 Å². The molecule has 0 spiro atoms. The number of carbonyl (C=O) groups is 3. The summed E-state index contributed by atoms with van der Waals surface area (Å²) in [5, 5.41) is 13.4. The van der Waals surface area contributed by atoms with Crippen LogP contribution in [0.15, 0.2) is 41.8 Å². The highest BCUT2D eigenvalue weighted by Crippen LogP contribution is 2.17. The Morgan fingerprint density at radius 3 is 2.56 bits per heavy atom. The lowest BCUT2D eigenvalue weighted by Gasteiger charge is -2.26. The molecule has 0 fully saturated rings. The summed E-state index contributed by atoms with van der Waals surface area (Å²) in [6, 6.07) is 10.0. The molecule has 0 aliphatic rings. The SMILES string of the molecule is CC(C)N(CCC(=O)O)C(=O)c1cccc(NC(=O)c2cccs2)c1. The number of amides is 2. The molecule has 1 aromatic carbocycles. The van der Waals surface area contributed by atoms with Gasteiger partial charge >= 0.3 is 5.97 Å². The number of carbonyl (C=O) groups excluding carboxylic acids is 2. The van der Waals surface area contributed by atoms with Crippen LogP contribution in [0.4, 0.5) is 5.69 Å². The van der Waals surface area contributed by atoms with E-state index >= 15 is 0 Å². The Kier molecular flexibility index (Phi) is 6.30. The first-order valence-corrected chi connectivity index (χ1v) is 8.74. The minimum Gasteiger partial charge on any atom is -0.481 e. The number of carboxylic acid groups (broad SMARTS) is 1. The summed E-state index contributed by atoms with van der Waals surface area (Å²) >= 11 is 1.34. The van der Waals surface area contributed by atoms with Gasteiger partial charge in [-0.25, -0.2) is 0 Å². The van der Waals surface area contributed by atoms with Crippen molar-refractivity contribution >= 4 is 34.8 Å². The van der Waals surface area contributed by atoms with Crippen molar-refractivity contribution in [2.75, 3.05) is 11.9 Å². The summed E-state index contributed by atoms with van der Waals surface area (Å²) in [7, 11) is 0. The average molecular weight is 360 g/mol. The fraction of sp³-hybridized carbons (Fsp3) is 0.278. The summed E-state index contributed by atoms with van der Waals surface area (Å²) in [6.45, 7) is 3.81. The van der Waals surface area contributed by atoms with E-state index in [4.69, 9.17) is 5.11 Å². The zero-order chi connectivity index (χ0) is 18.4. The van der Waals surface area contributed by atoms with Gasteiger partial charge in [0, 0.05) is 23.8 Å². The average Bonchev–Trinajstić information content (AvgIpc) is 3.09. The Labute approximate surface area is 150 Å². The zero-order valence-corrected chi connectivity index (χ0v) is 14.9. The lowest BCUT2D eigenvalue weighted by molar-refractivity contribution is -0.137. The fourth-order valence-electron chi connectivity index (χ4n) is 2.31. The van der Waals surface area contributed by atoms with Crippen molar-refractivity contribution < 1.29 is 19.5 Å². The first kappa shape index (κ1) is 18.7. The molecule has 0 atom stereocenters. The zero-order valence-electron chi connectivity index (χ0n) is 14.1. The van der Waals surface area contributed by atoms with Gasteiger partial charge in [-0.2, -0.15) is 0 Å². The molecule has 0 saturated carbocycles. The first-order chi connectivity index (χ1) is 11.9. The van der Waals surface area contributed by atoms with Gasteiger partial charge in [-0.05, 0) is 43.5 Å². The van der Waals surface area contributed by atoms with Gasteiger partial charge in [0.25, 0.3) is 11.8 Å². The molecule has 0 aliphatic heterocycles. The molecule has 1 aromatic heterocycles. The molecule has 7 heteroatoms. The molecular weight excluding hydrogens is 340 g/mol. The van der Waals surface area contributed by atoms with Crippen LogP contribution in [-0.2, 0) is 4.79 Å². The highest BCUT2D eigenvalue weighted by molar-refractivity contribution is 7.12. The van der Waals surface area contributed by atoms with E-state index in [1.165, 1.54) is 16.2 Å². The topological polar surface area (TPSA) is 86.7 Å². The van der Waals surface area contributed by atoms with E-state index < -0.39 is 5.97 Å². The number of hydrogen-bond donors (Lipinski definition) is 2. The number of carboxylic acids is 1. The summed E-state index contributed by atoms with van der Waals surface area (Å²) in [4.78, 5) is 37.7. The van der Waals surface area contributed by atoms with Crippen LogP contribution < -0.4 is 5.32 Å². The van der Waals surface area contributed by atoms with Gasteiger partial charge in [0.05, 0.1) is 11.3 Å². The van der Waals surface area contributed by atoms with E-state index in [-0.39, 0.29) is 30.8 Å². The molecule has 25 heavy (non-hydrogen) atoms. The van der Waals surface area contributed by atoms with Crippen LogP contribution in [0.2, 0.25) is 0 Å². The van der Waals surface area contributed by atoms with Crippen molar-refractivity contribution in [3.8, 4) is 0 Å². The minimum absolute atomic E-state index is 0.112. The number of rotatable bonds is 7. The van der Waals surface area contributed by atoms with E-state index in [9.17, 15) is 14.4 Å². The van der Waals surface area contributed by atoms with Crippen molar-refractivity contribution in [1.82, 2.24) is 4.90 Å². The molecular formula is C18H20N2O4S. The van der Waals surface area contributed by atoms with Crippen LogP contribution in [0.3, 0.4) is 0 Å². The lowest BCUT2D eigenvalue weighted by Crippen LogP contribution is -2.38. The van der Waals surface area contributed by atoms with Crippen molar-refractivity contribution in [2.24, 2.45) is 0 Å². The van der Waals surface area contributed by atoms with Crippen LogP contribution in [-0.4, -0.2) is 40.4 Å². The number of nitrogens with one attached hydrogen (secondary N) is 1. The molecule has 6 nitrogen and oxygen atoms in total. The van der Waals surface area contributed by atoms with E-state index in [0.717, 1.165) is 0 Å². The number of benzene rings is 1. The van der Waals surface area contributed by atoms with E-state index in [2.05, 4.69) is 5.32 Å². The molecule has 0 bridgehead atoms. The van der Waals surface area contributed by atoms with Crippen LogP contribution in [0.1, 0.15) is 40.3 Å². The normalized spacial score (nSPS) is 10.5. The molecule has 0 aliphatic carbocycles. The van der Waals surface area contributed by atoms with Crippen LogP contribution in [0.25, 0.3) is 0 Å². The van der Waals surface area contributed by atoms with Crippen LogP contribution in [0.5, 0.6) is 0 Å². The highest BCUT2D eigenvalue weighted by Gasteiger charge is 2.20. The van der Waals surface area contributed by atoms with Gasteiger partial charge in [-0.1, -0.05) is 12.1 Å². The Balaban J connectivity index is 2.14. The van der Waals surface area contributed by atoms with Crippen molar-refractivity contribution in [3.63, 3.8) is 0 Å². The fourth-order valence-corrected chi connectivity index (χ4v) is 2.93. The number of hydrogen-bond acceptors (Lipinski definition) is 4. The highest BCUT2D eigenvalue weighted by atomic mass is 32.1. The van der Waals surface area contributed by atoms with Crippen LogP contribution >= 0.6 is 11.3 Å². The number of thiophene rings is 1. The predicted octanol–water partition coefficient (Wildman–Crippen LogP) is 3.33. The monoisotopic (exact) mass is 360 g/mol. The van der Waals surface area contributed by atoms with Crippen molar-refractivity contribution in [3.05, 3.63) is 52.2 Å². The largest absolute Gasteiger partial charge is 0.481 e. The molecule has 0 unspecified atom stereocenters. The van der Waals surface area contributed by atoms with Gasteiger partial charge in [0.15, 0.2) is 0 Å². The Bertz CT molecular complexity index is 756. The first-order valence-electron chi connectivity index (χ1n) is 7.86. The third-order valence-corrected chi connectivity index (χ3v) is 4.43. The van der Waals surface area contributed by atoms with Gasteiger partial charge in [-0.15, -0.1) is 11.3 Å². The second kappa shape index (κ2) is 8.43. The quantitative estimate of drug-likeness (QED) is 0.793. The third kappa shape index (κ3) is 5.15. The van der Waals surface area contributed by atoms with E-state index in [1.54, 1.807) is 36.4 Å². The summed E-state index contributed by atoms with van der Waals surface area (Å²) in [6.07, 6.45) is -0.112. The number of anilines is 1. The third-order valence-electron chi connectivity index (χ3n) is 3.56. The number of aliphatic carboxylic acids is 1. The lowest BCUT2D eigenvalue weighted by atomic mass is 10.1. The molecule has 2 rings (SSSR count). The molecule has 2 aromatic rings. The molecule has 2 N–H and O–H groups in total. The minimum atomic E-state index is -0.949. The maximum Gasteiger partial charge on any atom is 0.305 e. The second-order valence-corrected chi connectivity index (χ2v) is 6.70. The molecule has 0 radical (unpaired) electrons. The summed E-state index contributed by atoms with van der Waals surface area (Å²) < 4.78 is 0. The maximum atomic E-state index is 12.7. The van der Waals surface area contributed by atoms with Gasteiger partial charge < -0.3 is 15.3 Å². The standard InChI is InChI=1S/C18H20N2O4S/c1-12(2)20(9-8-16(21)22)18(24)13-5-3-6-14(11-13)19-17(23)15-7-4-10-25-15/h3-7,10-12H,8-9H2,1-2H3,(H,19,23)(H,21,22). The van der Waals surface area contributed by atoms with Crippen molar-refractivity contribution in [2.45, 2.75) is 26.3 Å². The van der Waals surface area contributed by atoms with Crippen molar-refractivity contribution in [1.29, 1.82) is 0 Å². The second-order valence-electron chi connectivity index (χ2n) is 5.75.